The first-order chi connectivity index (χ1) is 19.0. The first-order valence-electron chi connectivity index (χ1n) is 13.5. The third kappa shape index (κ3) is 8.80. The lowest BCUT2D eigenvalue weighted by Gasteiger charge is -2.28. The molecule has 1 aromatic heterocycles. The van der Waals surface area contributed by atoms with E-state index in [9.17, 15) is 9.59 Å². The molecule has 2 heterocycles. The van der Waals surface area contributed by atoms with Gasteiger partial charge in [-0.05, 0) is 49.1 Å². The lowest BCUT2D eigenvalue weighted by Crippen LogP contribution is -2.42. The van der Waals surface area contributed by atoms with Crippen molar-refractivity contribution in [3.63, 3.8) is 0 Å². The number of benzene rings is 2. The number of aryl methyl sites for hydroxylation is 1. The lowest BCUT2D eigenvalue weighted by molar-refractivity contribution is 0.0364. The molecule has 1 saturated heterocycles. The van der Waals surface area contributed by atoms with E-state index in [0.29, 0.717) is 31.0 Å². The molecule has 9 nitrogen and oxygen atoms in total. The number of hydrogen-bond donors (Lipinski definition) is 3. The topological polar surface area (TPSA) is 113 Å². The average molecular weight is 531 g/mol. The number of rotatable bonds is 11. The zero-order chi connectivity index (χ0) is 27.5. The molecular formula is C30H38N6O3. The third-order valence-corrected chi connectivity index (χ3v) is 6.74. The van der Waals surface area contributed by atoms with Crippen molar-refractivity contribution in [3.05, 3.63) is 89.2 Å². The Labute approximate surface area is 230 Å². The van der Waals surface area contributed by atoms with Gasteiger partial charge in [-0.1, -0.05) is 48.0 Å². The Morgan fingerprint density at radius 3 is 2.49 bits per heavy atom. The van der Waals surface area contributed by atoms with Crippen LogP contribution in [0.3, 0.4) is 0 Å². The molecule has 4 N–H and O–H groups in total. The van der Waals surface area contributed by atoms with Crippen LogP contribution in [-0.4, -0.2) is 72.7 Å². The average Bonchev–Trinajstić information content (AvgIpc) is 2.95. The van der Waals surface area contributed by atoms with E-state index in [4.69, 9.17) is 10.5 Å². The highest BCUT2D eigenvalue weighted by atomic mass is 16.5. The molecule has 0 aliphatic carbocycles. The van der Waals surface area contributed by atoms with Crippen LogP contribution in [0.25, 0.3) is 0 Å². The number of anilines is 2. The van der Waals surface area contributed by atoms with Gasteiger partial charge in [0.05, 0.1) is 24.6 Å². The van der Waals surface area contributed by atoms with E-state index in [1.807, 2.05) is 23.1 Å². The summed E-state index contributed by atoms with van der Waals surface area (Å²) in [4.78, 5) is 34.3. The van der Waals surface area contributed by atoms with Crippen molar-refractivity contribution in [2.24, 2.45) is 0 Å². The lowest BCUT2D eigenvalue weighted by atomic mass is 10.1. The smallest absolute Gasteiger partial charge is 0.317 e. The number of amides is 3. The maximum absolute atomic E-state index is 13.2. The number of pyridine rings is 1. The number of nitrogens with two attached hydrogens (primary N) is 1. The molecule has 2 aromatic carbocycles. The molecule has 0 radical (unpaired) electrons. The quantitative estimate of drug-likeness (QED) is 0.326. The van der Waals surface area contributed by atoms with Gasteiger partial charge in [0.2, 0.25) is 0 Å². The number of ether oxygens (including phenoxy) is 1. The number of urea groups is 1. The molecule has 1 aliphatic rings. The van der Waals surface area contributed by atoms with Gasteiger partial charge < -0.3 is 26.0 Å². The summed E-state index contributed by atoms with van der Waals surface area (Å²) in [5.74, 6) is -0.337. The molecule has 9 heteroatoms. The van der Waals surface area contributed by atoms with E-state index in [-0.39, 0.29) is 17.6 Å². The summed E-state index contributed by atoms with van der Waals surface area (Å²) in [6, 6.07) is 18.8. The van der Waals surface area contributed by atoms with Crippen LogP contribution >= 0.6 is 0 Å². The van der Waals surface area contributed by atoms with Crippen molar-refractivity contribution in [1.82, 2.24) is 20.1 Å². The second kappa shape index (κ2) is 14.3. The number of nitrogens with one attached hydrogen (secondary N) is 2. The van der Waals surface area contributed by atoms with E-state index in [1.54, 1.807) is 24.4 Å². The minimum absolute atomic E-state index is 0.106. The minimum Gasteiger partial charge on any atom is -0.397 e. The van der Waals surface area contributed by atoms with Gasteiger partial charge in [0.1, 0.15) is 5.69 Å². The zero-order valence-corrected chi connectivity index (χ0v) is 22.6. The fourth-order valence-electron chi connectivity index (χ4n) is 4.41. The summed E-state index contributed by atoms with van der Waals surface area (Å²) in [5, 5.41) is 5.86. The monoisotopic (exact) mass is 530 g/mol. The number of nitrogens with zero attached hydrogens (tertiary/aromatic N) is 3. The third-order valence-electron chi connectivity index (χ3n) is 6.74. The highest BCUT2D eigenvalue weighted by Gasteiger charge is 2.17. The Morgan fingerprint density at radius 1 is 1.03 bits per heavy atom. The molecule has 1 aliphatic heterocycles. The van der Waals surface area contributed by atoms with Crippen LogP contribution < -0.4 is 16.4 Å². The fourth-order valence-corrected chi connectivity index (χ4v) is 4.41. The number of nitrogen functional groups attached to an aromatic ring is 1. The van der Waals surface area contributed by atoms with Crippen molar-refractivity contribution in [1.29, 1.82) is 0 Å². The van der Waals surface area contributed by atoms with Crippen LogP contribution in [0.1, 0.15) is 33.6 Å². The molecule has 3 aromatic rings. The van der Waals surface area contributed by atoms with E-state index in [2.05, 4.69) is 51.7 Å². The number of hydrogen-bond acceptors (Lipinski definition) is 6. The minimum atomic E-state index is -0.337. The molecule has 1 fully saturated rings. The second-order valence-electron chi connectivity index (χ2n) is 9.79. The zero-order valence-electron chi connectivity index (χ0n) is 22.6. The molecule has 3 amide bonds. The van der Waals surface area contributed by atoms with Crippen LogP contribution in [0.15, 0.2) is 66.9 Å². The van der Waals surface area contributed by atoms with Crippen molar-refractivity contribution in [3.8, 4) is 0 Å². The van der Waals surface area contributed by atoms with E-state index in [0.717, 1.165) is 51.3 Å². The largest absolute Gasteiger partial charge is 0.397 e. The second-order valence-corrected chi connectivity index (χ2v) is 9.79. The van der Waals surface area contributed by atoms with Gasteiger partial charge in [-0.3, -0.25) is 14.7 Å². The van der Waals surface area contributed by atoms with Gasteiger partial charge in [0, 0.05) is 45.5 Å². The van der Waals surface area contributed by atoms with E-state index in [1.165, 1.54) is 11.1 Å². The highest BCUT2D eigenvalue weighted by molar-refractivity contribution is 6.04. The highest BCUT2D eigenvalue weighted by Crippen LogP contribution is 2.17. The summed E-state index contributed by atoms with van der Waals surface area (Å²) >= 11 is 0. The molecule has 4 rings (SSSR count). The molecular weight excluding hydrogens is 492 g/mol. The van der Waals surface area contributed by atoms with Crippen molar-refractivity contribution < 1.29 is 14.3 Å². The van der Waals surface area contributed by atoms with Gasteiger partial charge in [0.15, 0.2) is 0 Å². The van der Waals surface area contributed by atoms with Gasteiger partial charge in [-0.25, -0.2) is 4.79 Å². The number of para-hydroxylation sites is 2. The number of carbonyl (C=O) groups excluding carboxylic acids is 2. The maximum Gasteiger partial charge on any atom is 0.317 e. The maximum atomic E-state index is 13.2. The van der Waals surface area contributed by atoms with Crippen LogP contribution in [0.5, 0.6) is 0 Å². The SMILES string of the molecule is Cc1ccc(CCNC(=O)N(CCCN2CCOCC2)Cc2ccc(C(=O)Nc3ccccc3N)nc2)cc1. The normalized spacial score (nSPS) is 13.6. The molecule has 0 atom stereocenters. The van der Waals surface area contributed by atoms with Crippen LogP contribution in [0, 0.1) is 6.92 Å². The van der Waals surface area contributed by atoms with Crippen molar-refractivity contribution >= 4 is 23.3 Å². The van der Waals surface area contributed by atoms with Crippen LogP contribution in [0.2, 0.25) is 0 Å². The predicted octanol–water partition coefficient (Wildman–Crippen LogP) is 3.70. The predicted molar refractivity (Wildman–Crippen MR) is 154 cm³/mol. The number of aromatic nitrogens is 1. The molecule has 39 heavy (non-hydrogen) atoms. The van der Waals surface area contributed by atoms with E-state index >= 15 is 0 Å². The van der Waals surface area contributed by atoms with Crippen LogP contribution in [0.4, 0.5) is 16.2 Å². The Bertz CT molecular complexity index is 1210. The first-order valence-corrected chi connectivity index (χ1v) is 13.5. The molecule has 206 valence electrons. The molecule has 0 unspecified atom stereocenters. The van der Waals surface area contributed by atoms with E-state index < -0.39 is 0 Å². The first kappa shape index (κ1) is 28.1. The number of carbonyl (C=O) groups is 2. The molecule has 0 spiro atoms. The summed E-state index contributed by atoms with van der Waals surface area (Å²) in [7, 11) is 0. The summed E-state index contributed by atoms with van der Waals surface area (Å²) < 4.78 is 5.44. The van der Waals surface area contributed by atoms with Crippen LogP contribution in [-0.2, 0) is 17.7 Å². The van der Waals surface area contributed by atoms with Gasteiger partial charge >= 0.3 is 6.03 Å². The fraction of sp³-hybridized carbons (Fsp3) is 0.367. The molecule has 0 bridgehead atoms. The summed E-state index contributed by atoms with van der Waals surface area (Å²) in [6.45, 7) is 7.90. The standard InChI is InChI=1S/C30H38N6O3/c1-23-7-9-24(10-8-23)13-14-32-30(38)36(16-4-15-35-17-19-39-20-18-35)22-25-11-12-28(33-21-25)29(37)34-27-6-3-2-5-26(27)31/h2-3,5-12,21H,4,13-20,22,31H2,1H3,(H,32,38)(H,34,37). The van der Waals surface area contributed by atoms with Crippen molar-refractivity contribution in [2.45, 2.75) is 26.3 Å². The van der Waals surface area contributed by atoms with Gasteiger partial charge in [-0.15, -0.1) is 0 Å². The Hall–Kier alpha value is -3.95. The Kier molecular flexibility index (Phi) is 10.3. The Balaban J connectivity index is 1.34. The van der Waals surface area contributed by atoms with Crippen molar-refractivity contribution in [2.75, 3.05) is 57.0 Å². The molecule has 0 saturated carbocycles. The van der Waals surface area contributed by atoms with Gasteiger partial charge in [-0.2, -0.15) is 0 Å². The Morgan fingerprint density at radius 2 is 1.77 bits per heavy atom. The van der Waals surface area contributed by atoms with Gasteiger partial charge in [0.25, 0.3) is 5.91 Å². The summed E-state index contributed by atoms with van der Waals surface area (Å²) in [5.41, 5.74) is 10.5. The summed E-state index contributed by atoms with van der Waals surface area (Å²) in [6.07, 6.45) is 3.28. The number of morpholine rings is 1.